The van der Waals surface area contributed by atoms with Crippen LogP contribution in [0.25, 0.3) is 50.4 Å². The van der Waals surface area contributed by atoms with Gasteiger partial charge in [0.15, 0.2) is 5.82 Å². The summed E-state index contributed by atoms with van der Waals surface area (Å²) in [6.07, 6.45) is 9.05. The van der Waals surface area contributed by atoms with E-state index in [2.05, 4.69) is 30.1 Å². The number of aromatic nitrogens is 8. The van der Waals surface area contributed by atoms with Gasteiger partial charge in [-0.1, -0.05) is 36.4 Å². The molecule has 0 spiro atoms. The number of para-hydroxylation sites is 1. The highest BCUT2D eigenvalue weighted by molar-refractivity contribution is 5.95. The van der Waals surface area contributed by atoms with Crippen LogP contribution in [0, 0.1) is 6.92 Å². The second-order valence-electron chi connectivity index (χ2n) is 9.05. The Morgan fingerprint density at radius 3 is 2.71 bits per heavy atom. The molecule has 0 aliphatic heterocycles. The van der Waals surface area contributed by atoms with Crippen molar-refractivity contribution in [2.45, 2.75) is 13.5 Å². The summed E-state index contributed by atoms with van der Waals surface area (Å²) in [5.41, 5.74) is 7.91. The summed E-state index contributed by atoms with van der Waals surface area (Å²) in [5.74, 6) is 1.35. The van der Waals surface area contributed by atoms with E-state index in [0.717, 1.165) is 55.8 Å². The fraction of sp³-hybridized carbons (Fsp3) is 0.0690. The first-order chi connectivity index (χ1) is 18.7. The molecule has 5 heterocycles. The van der Waals surface area contributed by atoms with Gasteiger partial charge in [0.2, 0.25) is 0 Å². The van der Waals surface area contributed by atoms with Crippen LogP contribution < -0.4 is 4.74 Å². The molecule has 7 rings (SSSR count). The van der Waals surface area contributed by atoms with Crippen molar-refractivity contribution in [2.75, 3.05) is 0 Å². The largest absolute Gasteiger partial charge is 0.487 e. The maximum Gasteiger partial charge on any atom is 0.159 e. The van der Waals surface area contributed by atoms with Crippen molar-refractivity contribution in [3.05, 3.63) is 103 Å². The second-order valence-corrected chi connectivity index (χ2v) is 9.05. The number of fused-ring (bicyclic) bond motifs is 2. The summed E-state index contributed by atoms with van der Waals surface area (Å²) in [5, 5.41) is 8.55. The molecule has 2 aromatic carbocycles. The zero-order chi connectivity index (χ0) is 25.5. The fourth-order valence-corrected chi connectivity index (χ4v) is 4.52. The Hall–Kier alpha value is -5.31. The van der Waals surface area contributed by atoms with E-state index in [1.54, 1.807) is 24.9 Å². The minimum absolute atomic E-state index is 0.469. The van der Waals surface area contributed by atoms with Gasteiger partial charge in [-0.05, 0) is 36.8 Å². The summed E-state index contributed by atoms with van der Waals surface area (Å²) < 4.78 is 7.95. The van der Waals surface area contributed by atoms with Crippen molar-refractivity contribution in [1.82, 2.24) is 39.7 Å². The van der Waals surface area contributed by atoms with Crippen LogP contribution in [0.1, 0.15) is 11.3 Å². The van der Waals surface area contributed by atoms with Crippen molar-refractivity contribution in [1.29, 1.82) is 0 Å². The van der Waals surface area contributed by atoms with E-state index in [4.69, 9.17) is 9.72 Å². The molecular formula is C29H22N8O. The van der Waals surface area contributed by atoms with Crippen molar-refractivity contribution < 1.29 is 4.74 Å². The minimum atomic E-state index is 0.469. The molecule has 0 atom stereocenters. The van der Waals surface area contributed by atoms with Gasteiger partial charge in [0.05, 0.1) is 46.8 Å². The van der Waals surface area contributed by atoms with Gasteiger partial charge in [-0.3, -0.25) is 15.1 Å². The van der Waals surface area contributed by atoms with Gasteiger partial charge < -0.3 is 14.3 Å². The predicted molar refractivity (Wildman–Crippen MR) is 145 cm³/mol. The molecule has 184 valence electrons. The van der Waals surface area contributed by atoms with Gasteiger partial charge in [-0.15, -0.1) is 0 Å². The minimum Gasteiger partial charge on any atom is -0.487 e. The molecular weight excluding hydrogens is 476 g/mol. The number of imidazole rings is 2. The van der Waals surface area contributed by atoms with Crippen LogP contribution >= 0.6 is 0 Å². The molecule has 9 heteroatoms. The van der Waals surface area contributed by atoms with Crippen molar-refractivity contribution >= 4 is 21.9 Å². The lowest BCUT2D eigenvalue weighted by atomic mass is 10.1. The van der Waals surface area contributed by atoms with Crippen LogP contribution in [0.3, 0.4) is 0 Å². The van der Waals surface area contributed by atoms with E-state index in [1.165, 1.54) is 0 Å². The van der Waals surface area contributed by atoms with E-state index < -0.39 is 0 Å². The van der Waals surface area contributed by atoms with E-state index >= 15 is 0 Å². The number of H-pyrrole nitrogens is 2. The quantitative estimate of drug-likeness (QED) is 0.307. The molecule has 0 bridgehead atoms. The molecule has 0 amide bonds. The number of rotatable bonds is 6. The molecule has 0 unspecified atom stereocenters. The zero-order valence-electron chi connectivity index (χ0n) is 20.5. The van der Waals surface area contributed by atoms with Crippen LogP contribution in [0.5, 0.6) is 5.75 Å². The Morgan fingerprint density at radius 1 is 0.921 bits per heavy atom. The van der Waals surface area contributed by atoms with E-state index in [9.17, 15) is 0 Å². The maximum absolute atomic E-state index is 5.97. The van der Waals surface area contributed by atoms with E-state index in [-0.39, 0.29) is 0 Å². The molecule has 9 nitrogen and oxygen atoms in total. The molecule has 38 heavy (non-hydrogen) atoms. The predicted octanol–water partition coefficient (Wildman–Crippen LogP) is 5.64. The summed E-state index contributed by atoms with van der Waals surface area (Å²) >= 11 is 0. The van der Waals surface area contributed by atoms with E-state index in [0.29, 0.717) is 18.2 Å². The Morgan fingerprint density at radius 2 is 1.84 bits per heavy atom. The lowest BCUT2D eigenvalue weighted by molar-refractivity contribution is 0.305. The molecule has 7 aromatic rings. The molecule has 2 N–H and O–H groups in total. The van der Waals surface area contributed by atoms with Crippen LogP contribution in [0.15, 0.2) is 91.8 Å². The molecule has 0 radical (unpaired) electrons. The van der Waals surface area contributed by atoms with Crippen LogP contribution in [0.2, 0.25) is 0 Å². The SMILES string of the molecule is Cc1cn(-c2cccc3[nH]c(-c4n[nH]c5cnc(-c6cncc(OCc7ccccc7)c6)cc45)nc23)cn1. The number of nitrogens with zero attached hydrogens (tertiary/aromatic N) is 6. The highest BCUT2D eigenvalue weighted by Gasteiger charge is 2.16. The van der Waals surface area contributed by atoms with Crippen LogP contribution in [0.4, 0.5) is 0 Å². The fourth-order valence-electron chi connectivity index (χ4n) is 4.52. The summed E-state index contributed by atoms with van der Waals surface area (Å²) in [7, 11) is 0. The first-order valence-corrected chi connectivity index (χ1v) is 12.2. The smallest absolute Gasteiger partial charge is 0.159 e. The zero-order valence-corrected chi connectivity index (χ0v) is 20.5. The van der Waals surface area contributed by atoms with Gasteiger partial charge >= 0.3 is 0 Å². The van der Waals surface area contributed by atoms with Gasteiger partial charge in [-0.2, -0.15) is 5.10 Å². The van der Waals surface area contributed by atoms with Crippen molar-refractivity contribution in [3.63, 3.8) is 0 Å². The van der Waals surface area contributed by atoms with Gasteiger partial charge in [0, 0.05) is 23.3 Å². The summed E-state index contributed by atoms with van der Waals surface area (Å²) in [6.45, 7) is 2.44. The Balaban J connectivity index is 1.24. The molecule has 5 aromatic heterocycles. The van der Waals surface area contributed by atoms with Crippen LogP contribution in [-0.4, -0.2) is 39.7 Å². The number of ether oxygens (including phenoxy) is 1. The highest BCUT2D eigenvalue weighted by Crippen LogP contribution is 2.31. The lowest BCUT2D eigenvalue weighted by Gasteiger charge is -2.08. The number of pyridine rings is 2. The Bertz CT molecular complexity index is 1900. The first-order valence-electron chi connectivity index (χ1n) is 12.2. The van der Waals surface area contributed by atoms with Gasteiger partial charge in [-0.25, -0.2) is 9.97 Å². The second kappa shape index (κ2) is 8.97. The number of hydrogen-bond acceptors (Lipinski definition) is 6. The first kappa shape index (κ1) is 21.9. The maximum atomic E-state index is 5.97. The third-order valence-electron chi connectivity index (χ3n) is 6.41. The summed E-state index contributed by atoms with van der Waals surface area (Å²) in [6, 6.07) is 20.0. The number of aromatic amines is 2. The molecule has 0 aliphatic rings. The Labute approximate surface area is 217 Å². The topological polar surface area (TPSA) is 110 Å². The standard InChI is InChI=1S/C29H22N8O/c1-18-15-37(17-32-18)26-9-5-8-23-28(26)34-29(33-23)27-22-11-24(31-14-25(22)35-36-27)20-10-21(13-30-12-20)38-16-19-6-3-2-4-7-19/h2-15,17H,16H2,1H3,(H,33,34)(H,35,36). The third kappa shape index (κ3) is 3.96. The highest BCUT2D eigenvalue weighted by atomic mass is 16.5. The normalized spacial score (nSPS) is 11.4. The Kier molecular flexibility index (Phi) is 5.18. The molecule has 0 saturated heterocycles. The summed E-state index contributed by atoms with van der Waals surface area (Å²) in [4.78, 5) is 21.7. The average Bonchev–Trinajstić information content (AvgIpc) is 3.70. The monoisotopic (exact) mass is 498 g/mol. The van der Waals surface area contributed by atoms with Crippen molar-refractivity contribution in [2.24, 2.45) is 0 Å². The van der Waals surface area contributed by atoms with Crippen LogP contribution in [-0.2, 0) is 6.61 Å². The molecule has 0 aliphatic carbocycles. The number of aryl methyl sites for hydroxylation is 1. The lowest BCUT2D eigenvalue weighted by Crippen LogP contribution is -1.96. The van der Waals surface area contributed by atoms with Gasteiger partial charge in [0.25, 0.3) is 0 Å². The van der Waals surface area contributed by atoms with E-state index in [1.807, 2.05) is 78.4 Å². The molecule has 0 saturated carbocycles. The van der Waals surface area contributed by atoms with Gasteiger partial charge in [0.1, 0.15) is 23.6 Å². The average molecular weight is 499 g/mol. The molecule has 0 fully saturated rings. The number of hydrogen-bond donors (Lipinski definition) is 2. The third-order valence-corrected chi connectivity index (χ3v) is 6.41. The number of nitrogens with one attached hydrogen (secondary N) is 2. The van der Waals surface area contributed by atoms with Crippen molar-refractivity contribution in [3.8, 4) is 34.2 Å². The number of benzene rings is 2.